The highest BCUT2D eigenvalue weighted by Crippen LogP contribution is 2.43. The fraction of sp³-hybridized carbons (Fsp3) is 0.417. The lowest BCUT2D eigenvalue weighted by Gasteiger charge is -2.37. The number of halogens is 1. The van der Waals surface area contributed by atoms with Crippen LogP contribution in [-0.4, -0.2) is 55.7 Å². The second-order valence-corrected chi connectivity index (χ2v) is 10.6. The zero-order valence-corrected chi connectivity index (χ0v) is 20.6. The largest absolute Gasteiger partial charge is 0.501 e. The molecule has 12 heteroatoms. The third kappa shape index (κ3) is 4.25. The maximum atomic E-state index is 13.3. The van der Waals surface area contributed by atoms with Gasteiger partial charge in [-0.15, -0.1) is 10.2 Å². The van der Waals surface area contributed by atoms with E-state index in [1.54, 1.807) is 12.1 Å². The summed E-state index contributed by atoms with van der Waals surface area (Å²) in [6, 6.07) is 6.03. The average molecular weight is 513 g/mol. The molecule has 1 saturated carbocycles. The topological polar surface area (TPSA) is 130 Å². The summed E-state index contributed by atoms with van der Waals surface area (Å²) in [5.41, 5.74) is -0.801. The molecule has 10 nitrogen and oxygen atoms in total. The Morgan fingerprint density at radius 3 is 2.58 bits per heavy atom. The van der Waals surface area contributed by atoms with E-state index in [2.05, 4.69) is 20.5 Å². The lowest BCUT2D eigenvalue weighted by atomic mass is 9.77. The van der Waals surface area contributed by atoms with Crippen LogP contribution in [0, 0.1) is 11.7 Å². The number of rotatable bonds is 4. The van der Waals surface area contributed by atoms with Crippen molar-refractivity contribution in [3.05, 3.63) is 56.8 Å². The summed E-state index contributed by atoms with van der Waals surface area (Å²) in [4.78, 5) is 44.2. The number of carbonyl (C=O) groups excluding carboxylic acids is 2. The predicted octanol–water partition coefficient (Wildman–Crippen LogP) is 1.80. The molecule has 0 saturated heterocycles. The smallest absolute Gasteiger partial charge is 0.311 e. The lowest BCUT2D eigenvalue weighted by molar-refractivity contribution is -0.145. The predicted molar refractivity (Wildman–Crippen MR) is 129 cm³/mol. The van der Waals surface area contributed by atoms with Gasteiger partial charge in [-0.05, 0) is 49.3 Å². The molecule has 0 unspecified atom stereocenters. The van der Waals surface area contributed by atoms with Crippen LogP contribution in [0.1, 0.15) is 42.1 Å². The number of aromatic nitrogens is 4. The molecule has 6 rings (SSSR count). The van der Waals surface area contributed by atoms with Crippen molar-refractivity contribution < 1.29 is 19.1 Å². The molecule has 188 valence electrons. The van der Waals surface area contributed by atoms with Crippen molar-refractivity contribution in [3.8, 4) is 16.5 Å². The van der Waals surface area contributed by atoms with Crippen LogP contribution in [0.4, 0.5) is 4.39 Å². The van der Waals surface area contributed by atoms with Gasteiger partial charge in [0.25, 0.3) is 5.56 Å². The van der Waals surface area contributed by atoms with E-state index in [4.69, 9.17) is 0 Å². The van der Waals surface area contributed by atoms with Crippen molar-refractivity contribution in [3.63, 3.8) is 0 Å². The quantitative estimate of drug-likeness (QED) is 0.510. The van der Waals surface area contributed by atoms with Crippen molar-refractivity contribution in [1.82, 2.24) is 30.0 Å². The Morgan fingerprint density at radius 1 is 1.22 bits per heavy atom. The summed E-state index contributed by atoms with van der Waals surface area (Å²) in [5, 5.41) is 22.8. The Hall–Kier alpha value is -3.67. The monoisotopic (exact) mass is 512 g/mol. The first-order valence-corrected chi connectivity index (χ1v) is 12.4. The van der Waals surface area contributed by atoms with E-state index in [-0.39, 0.29) is 22.4 Å². The molecule has 0 spiro atoms. The Balaban J connectivity index is 1.55. The highest BCUT2D eigenvalue weighted by molar-refractivity contribution is 7.14. The molecule has 36 heavy (non-hydrogen) atoms. The van der Waals surface area contributed by atoms with Crippen molar-refractivity contribution in [2.24, 2.45) is 5.92 Å². The standard InChI is InChI=1S/C24H25FN6O4S/c1-30(2)22(35)19(33)27-24-9-7-14(8-10-24)12-31-21(34)18(32)17(26-23(24)31)20-29-28-16(36-20)11-13-3-5-15(25)6-4-13/h3-6,14,32H,7-12H2,1-2H3,(H,27,33). The van der Waals surface area contributed by atoms with Gasteiger partial charge >= 0.3 is 11.8 Å². The van der Waals surface area contributed by atoms with Gasteiger partial charge in [-0.1, -0.05) is 23.5 Å². The zero-order valence-electron chi connectivity index (χ0n) is 19.8. The van der Waals surface area contributed by atoms with Gasteiger partial charge in [0.15, 0.2) is 10.7 Å². The van der Waals surface area contributed by atoms with Crippen LogP contribution in [0.3, 0.4) is 0 Å². The van der Waals surface area contributed by atoms with Gasteiger partial charge in [0.1, 0.15) is 16.6 Å². The summed E-state index contributed by atoms with van der Waals surface area (Å²) in [6.07, 6.45) is 2.93. The molecule has 0 radical (unpaired) electrons. The van der Waals surface area contributed by atoms with Gasteiger partial charge < -0.3 is 15.3 Å². The van der Waals surface area contributed by atoms with E-state index in [0.717, 1.165) is 18.4 Å². The molecule has 2 bridgehead atoms. The third-order valence-electron chi connectivity index (χ3n) is 6.86. The first-order valence-electron chi connectivity index (χ1n) is 11.6. The SMILES string of the molecule is CN(C)C(=O)C(=O)NC12CCC(CC1)Cn1c2nc(-c2nnc(Cc3ccc(F)cc3)s2)c(O)c1=O. The number of hydrogen-bond donors (Lipinski definition) is 2. The van der Waals surface area contributed by atoms with Gasteiger partial charge in [0.05, 0.1) is 5.54 Å². The van der Waals surface area contributed by atoms with Crippen molar-refractivity contribution in [2.75, 3.05) is 14.1 Å². The Kier molecular flexibility index (Phi) is 6.07. The summed E-state index contributed by atoms with van der Waals surface area (Å²) in [5.74, 6) is -1.81. The zero-order chi connectivity index (χ0) is 25.6. The molecule has 2 aliphatic heterocycles. The molecule has 4 heterocycles. The summed E-state index contributed by atoms with van der Waals surface area (Å²) >= 11 is 1.17. The molecule has 2 N–H and O–H groups in total. The van der Waals surface area contributed by atoms with E-state index in [1.165, 1.54) is 47.0 Å². The summed E-state index contributed by atoms with van der Waals surface area (Å²) < 4.78 is 14.6. The molecule has 0 atom stereocenters. The molecule has 1 aliphatic carbocycles. The van der Waals surface area contributed by atoms with Crippen LogP contribution in [0.5, 0.6) is 5.75 Å². The number of nitrogens with zero attached hydrogens (tertiary/aromatic N) is 5. The van der Waals surface area contributed by atoms with E-state index in [1.807, 2.05) is 0 Å². The van der Waals surface area contributed by atoms with Crippen LogP contribution in [-0.2, 0) is 28.1 Å². The maximum absolute atomic E-state index is 13.3. The lowest BCUT2D eigenvalue weighted by Crippen LogP contribution is -2.53. The second kappa shape index (κ2) is 9.08. The van der Waals surface area contributed by atoms with Crippen LogP contribution < -0.4 is 10.9 Å². The fourth-order valence-electron chi connectivity index (χ4n) is 4.92. The van der Waals surface area contributed by atoms with Gasteiger partial charge in [-0.2, -0.15) is 0 Å². The van der Waals surface area contributed by atoms with E-state index in [9.17, 15) is 23.9 Å². The minimum absolute atomic E-state index is 0.00739. The number of hydrogen-bond acceptors (Lipinski definition) is 8. The summed E-state index contributed by atoms with van der Waals surface area (Å²) in [7, 11) is 2.99. The highest BCUT2D eigenvalue weighted by Gasteiger charge is 2.46. The molecule has 2 amide bonds. The van der Waals surface area contributed by atoms with Crippen LogP contribution in [0.25, 0.3) is 10.7 Å². The van der Waals surface area contributed by atoms with Crippen LogP contribution in [0.15, 0.2) is 29.1 Å². The van der Waals surface area contributed by atoms with Crippen molar-refractivity contribution in [1.29, 1.82) is 0 Å². The average Bonchev–Trinajstić information content (AvgIpc) is 3.19. The van der Waals surface area contributed by atoms with Gasteiger partial charge in [-0.3, -0.25) is 19.0 Å². The van der Waals surface area contributed by atoms with Crippen LogP contribution in [0.2, 0.25) is 0 Å². The summed E-state index contributed by atoms with van der Waals surface area (Å²) in [6.45, 7) is 0.375. The Morgan fingerprint density at radius 2 is 1.92 bits per heavy atom. The minimum atomic E-state index is -1.01. The second-order valence-electron chi connectivity index (χ2n) is 9.53. The molecule has 3 aromatic rings. The first kappa shape index (κ1) is 24.0. The molecule has 2 aromatic heterocycles. The molecular formula is C24H25FN6O4S. The highest BCUT2D eigenvalue weighted by atomic mass is 32.1. The Bertz CT molecular complexity index is 1390. The molecule has 1 fully saturated rings. The van der Waals surface area contributed by atoms with Crippen molar-refractivity contribution >= 4 is 23.2 Å². The fourth-order valence-corrected chi connectivity index (χ4v) is 5.78. The Labute approximate surface area is 209 Å². The van der Waals surface area contributed by atoms with Gasteiger partial charge in [0, 0.05) is 27.1 Å². The number of likely N-dealkylation sites (N-methyl/N-ethyl adjacent to an activating group) is 1. The van der Waals surface area contributed by atoms with Crippen molar-refractivity contribution in [2.45, 2.75) is 44.2 Å². The molecule has 1 aromatic carbocycles. The maximum Gasteiger partial charge on any atom is 0.311 e. The number of benzene rings is 1. The van der Waals surface area contributed by atoms with E-state index < -0.39 is 28.7 Å². The number of fused-ring (bicyclic) bond motifs is 2. The molecular weight excluding hydrogens is 487 g/mol. The van der Waals surface area contributed by atoms with Gasteiger partial charge in [-0.25, -0.2) is 9.37 Å². The number of nitrogens with one attached hydrogen (secondary N) is 1. The third-order valence-corrected chi connectivity index (χ3v) is 7.79. The van der Waals surface area contributed by atoms with E-state index in [0.29, 0.717) is 36.6 Å². The number of aromatic hydroxyl groups is 1. The van der Waals surface area contributed by atoms with Crippen LogP contribution >= 0.6 is 11.3 Å². The first-order chi connectivity index (χ1) is 17.2. The number of amides is 2. The molecule has 3 aliphatic rings. The van der Waals surface area contributed by atoms with E-state index >= 15 is 0 Å². The number of carbonyl (C=O) groups is 2. The minimum Gasteiger partial charge on any atom is -0.501 e. The van der Waals surface area contributed by atoms with Gasteiger partial charge in [0.2, 0.25) is 5.75 Å². The normalized spacial score (nSPS) is 20.5.